The van der Waals surface area contributed by atoms with E-state index in [9.17, 15) is 4.79 Å². The van der Waals surface area contributed by atoms with Crippen molar-refractivity contribution in [2.45, 2.75) is 20.3 Å². The zero-order valence-electron chi connectivity index (χ0n) is 10.3. The Hall–Kier alpha value is -1.29. The SMILES string of the molecule is CC(C)CCN(C)c1cc(C(=O)O)c(Cl)cn1. The monoisotopic (exact) mass is 256 g/mol. The fourth-order valence-electron chi connectivity index (χ4n) is 1.37. The maximum absolute atomic E-state index is 10.9. The summed E-state index contributed by atoms with van der Waals surface area (Å²) in [5, 5.41) is 9.12. The van der Waals surface area contributed by atoms with Crippen LogP contribution in [0.25, 0.3) is 0 Å². The molecule has 0 saturated heterocycles. The molecule has 0 unspecified atom stereocenters. The molecule has 1 aromatic heterocycles. The molecule has 1 heterocycles. The number of aromatic nitrogens is 1. The van der Waals surface area contributed by atoms with E-state index in [4.69, 9.17) is 16.7 Å². The van der Waals surface area contributed by atoms with E-state index < -0.39 is 5.97 Å². The molecule has 5 heteroatoms. The molecule has 94 valence electrons. The van der Waals surface area contributed by atoms with Gasteiger partial charge in [-0.1, -0.05) is 25.4 Å². The van der Waals surface area contributed by atoms with Gasteiger partial charge in [0.2, 0.25) is 0 Å². The van der Waals surface area contributed by atoms with Crippen molar-refractivity contribution >= 4 is 23.4 Å². The van der Waals surface area contributed by atoms with Gasteiger partial charge in [-0.05, 0) is 18.4 Å². The van der Waals surface area contributed by atoms with Gasteiger partial charge in [0.25, 0.3) is 0 Å². The van der Waals surface area contributed by atoms with E-state index in [0.717, 1.165) is 13.0 Å². The average molecular weight is 257 g/mol. The number of pyridine rings is 1. The van der Waals surface area contributed by atoms with Crippen molar-refractivity contribution in [3.63, 3.8) is 0 Å². The van der Waals surface area contributed by atoms with E-state index in [1.807, 2.05) is 11.9 Å². The number of nitrogens with zero attached hydrogens (tertiary/aromatic N) is 2. The number of anilines is 1. The summed E-state index contributed by atoms with van der Waals surface area (Å²) in [5.74, 6) is 0.201. The van der Waals surface area contributed by atoms with E-state index in [1.165, 1.54) is 12.3 Å². The van der Waals surface area contributed by atoms with Crippen LogP contribution in [0.2, 0.25) is 5.02 Å². The van der Waals surface area contributed by atoms with Crippen LogP contribution in [0, 0.1) is 5.92 Å². The minimum absolute atomic E-state index is 0.0908. The zero-order valence-corrected chi connectivity index (χ0v) is 11.0. The van der Waals surface area contributed by atoms with Gasteiger partial charge in [0.1, 0.15) is 5.82 Å². The van der Waals surface area contributed by atoms with Crippen LogP contribution in [0.15, 0.2) is 12.3 Å². The van der Waals surface area contributed by atoms with Crippen molar-refractivity contribution in [2.24, 2.45) is 5.92 Å². The summed E-state index contributed by atoms with van der Waals surface area (Å²) in [7, 11) is 1.89. The molecule has 0 amide bonds. The van der Waals surface area contributed by atoms with Crippen molar-refractivity contribution in [3.05, 3.63) is 22.8 Å². The fourth-order valence-corrected chi connectivity index (χ4v) is 1.55. The molecule has 0 aliphatic heterocycles. The van der Waals surface area contributed by atoms with Crippen molar-refractivity contribution in [1.82, 2.24) is 4.98 Å². The summed E-state index contributed by atoms with van der Waals surface area (Å²) in [5.41, 5.74) is 0.0908. The second-order valence-corrected chi connectivity index (χ2v) is 4.84. The minimum Gasteiger partial charge on any atom is -0.478 e. The molecule has 0 saturated carbocycles. The van der Waals surface area contributed by atoms with Gasteiger partial charge in [0, 0.05) is 19.8 Å². The van der Waals surface area contributed by atoms with Crippen LogP contribution < -0.4 is 4.90 Å². The topological polar surface area (TPSA) is 53.4 Å². The molecule has 1 aromatic rings. The number of carbonyl (C=O) groups is 1. The normalized spacial score (nSPS) is 10.6. The predicted molar refractivity (Wildman–Crippen MR) is 68.9 cm³/mol. The highest BCUT2D eigenvalue weighted by Gasteiger charge is 2.12. The minimum atomic E-state index is -1.03. The molecular weight excluding hydrogens is 240 g/mol. The number of halogens is 1. The Morgan fingerprint density at radius 2 is 2.24 bits per heavy atom. The van der Waals surface area contributed by atoms with Crippen LogP contribution in [0.4, 0.5) is 5.82 Å². The molecule has 1 N–H and O–H groups in total. The molecule has 0 aliphatic carbocycles. The first-order valence-corrected chi connectivity index (χ1v) is 5.89. The van der Waals surface area contributed by atoms with Crippen molar-refractivity contribution in [1.29, 1.82) is 0 Å². The Balaban J connectivity index is 2.84. The third-order valence-electron chi connectivity index (χ3n) is 2.50. The van der Waals surface area contributed by atoms with Crippen LogP contribution in [0.1, 0.15) is 30.6 Å². The molecule has 0 aromatic carbocycles. The van der Waals surface area contributed by atoms with Gasteiger partial charge < -0.3 is 10.0 Å². The van der Waals surface area contributed by atoms with Gasteiger partial charge in [-0.3, -0.25) is 0 Å². The van der Waals surface area contributed by atoms with E-state index in [1.54, 1.807) is 0 Å². The summed E-state index contributed by atoms with van der Waals surface area (Å²) < 4.78 is 0. The number of hydrogen-bond acceptors (Lipinski definition) is 3. The second kappa shape index (κ2) is 5.87. The molecular formula is C12H17ClN2O2. The number of aromatic carboxylic acids is 1. The fraction of sp³-hybridized carbons (Fsp3) is 0.500. The molecule has 0 bridgehead atoms. The molecule has 0 fully saturated rings. The van der Waals surface area contributed by atoms with Crippen molar-refractivity contribution in [3.8, 4) is 0 Å². The highest BCUT2D eigenvalue weighted by atomic mass is 35.5. The van der Waals surface area contributed by atoms with Crippen LogP contribution in [0.3, 0.4) is 0 Å². The first kappa shape index (κ1) is 13.8. The largest absolute Gasteiger partial charge is 0.478 e. The number of rotatable bonds is 5. The Kier molecular flexibility index (Phi) is 4.75. The quantitative estimate of drug-likeness (QED) is 0.880. The highest BCUT2D eigenvalue weighted by Crippen LogP contribution is 2.20. The molecule has 17 heavy (non-hydrogen) atoms. The average Bonchev–Trinajstić information content (AvgIpc) is 2.26. The summed E-state index contributed by atoms with van der Waals surface area (Å²) in [6, 6.07) is 1.50. The molecule has 0 radical (unpaired) electrons. The summed E-state index contributed by atoms with van der Waals surface area (Å²) in [6.45, 7) is 5.13. The number of carboxylic acid groups (broad SMARTS) is 1. The van der Waals surface area contributed by atoms with E-state index in [0.29, 0.717) is 11.7 Å². The molecule has 0 atom stereocenters. The zero-order chi connectivity index (χ0) is 13.0. The molecule has 0 spiro atoms. The van der Waals surface area contributed by atoms with Crippen LogP contribution in [-0.4, -0.2) is 29.7 Å². The summed E-state index contributed by atoms with van der Waals surface area (Å²) in [6.07, 6.45) is 2.41. The second-order valence-electron chi connectivity index (χ2n) is 4.43. The van der Waals surface area contributed by atoms with Crippen molar-refractivity contribution in [2.75, 3.05) is 18.5 Å². The molecule has 1 rings (SSSR count). The standard InChI is InChI=1S/C12H17ClN2O2/c1-8(2)4-5-15(3)11-6-9(12(16)17)10(13)7-14-11/h6-8H,4-5H2,1-3H3,(H,16,17). The third-order valence-corrected chi connectivity index (χ3v) is 2.81. The Bertz CT molecular complexity index is 407. The Morgan fingerprint density at radius 1 is 1.59 bits per heavy atom. The number of carboxylic acids is 1. The predicted octanol–water partition coefficient (Wildman–Crippen LogP) is 2.92. The first-order chi connectivity index (χ1) is 7.91. The van der Waals surface area contributed by atoms with Crippen molar-refractivity contribution < 1.29 is 9.90 Å². The maximum atomic E-state index is 10.9. The van der Waals surface area contributed by atoms with Gasteiger partial charge in [-0.2, -0.15) is 0 Å². The smallest absolute Gasteiger partial charge is 0.337 e. The van der Waals surface area contributed by atoms with E-state index in [-0.39, 0.29) is 10.6 Å². The summed E-state index contributed by atoms with van der Waals surface area (Å²) in [4.78, 5) is 17.0. The third kappa shape index (κ3) is 3.89. The van der Waals surface area contributed by atoms with Gasteiger partial charge >= 0.3 is 5.97 Å². The Labute approximate surface area is 106 Å². The lowest BCUT2D eigenvalue weighted by molar-refractivity contribution is 0.0697. The first-order valence-electron chi connectivity index (χ1n) is 5.51. The number of hydrogen-bond donors (Lipinski definition) is 1. The van der Waals surface area contributed by atoms with E-state index >= 15 is 0 Å². The van der Waals surface area contributed by atoms with Crippen LogP contribution >= 0.6 is 11.6 Å². The highest BCUT2D eigenvalue weighted by molar-refractivity contribution is 6.33. The van der Waals surface area contributed by atoms with Gasteiger partial charge in [-0.25, -0.2) is 9.78 Å². The summed E-state index contributed by atoms with van der Waals surface area (Å²) >= 11 is 5.76. The molecule has 0 aliphatic rings. The van der Waals surface area contributed by atoms with Crippen LogP contribution in [0.5, 0.6) is 0 Å². The van der Waals surface area contributed by atoms with Gasteiger partial charge in [0.05, 0.1) is 10.6 Å². The molecule has 4 nitrogen and oxygen atoms in total. The van der Waals surface area contributed by atoms with E-state index in [2.05, 4.69) is 18.8 Å². The van der Waals surface area contributed by atoms with Gasteiger partial charge in [-0.15, -0.1) is 0 Å². The Morgan fingerprint density at radius 3 is 2.76 bits per heavy atom. The maximum Gasteiger partial charge on any atom is 0.337 e. The van der Waals surface area contributed by atoms with Crippen LogP contribution in [-0.2, 0) is 0 Å². The van der Waals surface area contributed by atoms with Gasteiger partial charge in [0.15, 0.2) is 0 Å². The lowest BCUT2D eigenvalue weighted by Gasteiger charge is -2.19. The lowest BCUT2D eigenvalue weighted by Crippen LogP contribution is -2.21. The lowest BCUT2D eigenvalue weighted by atomic mass is 10.1.